The first-order valence-corrected chi connectivity index (χ1v) is 11.6. The SMILES string of the molecule is CCOC(=O)CNC(=O)N1Cc2ccccc2N(C(=O)c2ccc(-n3ccnc3)cc2Cl)C[C@H]1C. The molecule has 9 nitrogen and oxygen atoms in total. The Balaban J connectivity index is 1.59. The van der Waals surface area contributed by atoms with Gasteiger partial charge in [0.25, 0.3) is 5.91 Å². The van der Waals surface area contributed by atoms with Crippen molar-refractivity contribution in [1.29, 1.82) is 0 Å². The first kappa shape index (κ1) is 24.3. The van der Waals surface area contributed by atoms with Crippen LogP contribution in [0, 0.1) is 0 Å². The number of carbonyl (C=O) groups is 3. The molecule has 2 aromatic carbocycles. The second-order valence-electron chi connectivity index (χ2n) is 8.12. The van der Waals surface area contributed by atoms with Gasteiger partial charge < -0.3 is 24.4 Å². The van der Waals surface area contributed by atoms with E-state index in [0.29, 0.717) is 16.3 Å². The fraction of sp³-hybridized carbons (Fsp3) is 0.280. The second kappa shape index (κ2) is 10.6. The Labute approximate surface area is 208 Å². The fourth-order valence-electron chi connectivity index (χ4n) is 4.03. The van der Waals surface area contributed by atoms with Crippen molar-refractivity contribution in [2.45, 2.75) is 26.4 Å². The molecule has 10 heteroatoms. The summed E-state index contributed by atoms with van der Waals surface area (Å²) in [5.74, 6) is -0.769. The van der Waals surface area contributed by atoms with Gasteiger partial charge in [0.2, 0.25) is 0 Å². The summed E-state index contributed by atoms with van der Waals surface area (Å²) in [6.45, 7) is 4.12. The second-order valence-corrected chi connectivity index (χ2v) is 8.53. The van der Waals surface area contributed by atoms with Gasteiger partial charge >= 0.3 is 12.0 Å². The number of benzene rings is 2. The fourth-order valence-corrected chi connectivity index (χ4v) is 4.28. The van der Waals surface area contributed by atoms with E-state index in [1.807, 2.05) is 37.3 Å². The molecule has 182 valence electrons. The van der Waals surface area contributed by atoms with Crippen LogP contribution in [0.5, 0.6) is 0 Å². The summed E-state index contributed by atoms with van der Waals surface area (Å²) in [6, 6.07) is 11.9. The molecule has 2 heterocycles. The molecule has 0 fully saturated rings. The highest BCUT2D eigenvalue weighted by Gasteiger charge is 2.32. The number of aromatic nitrogens is 2. The van der Waals surface area contributed by atoms with Gasteiger partial charge in [-0.15, -0.1) is 0 Å². The van der Waals surface area contributed by atoms with Gasteiger partial charge in [-0.3, -0.25) is 9.59 Å². The van der Waals surface area contributed by atoms with Crippen molar-refractivity contribution >= 4 is 35.2 Å². The molecule has 1 aliphatic rings. The molecule has 0 radical (unpaired) electrons. The molecule has 0 unspecified atom stereocenters. The molecule has 1 N–H and O–H groups in total. The maximum atomic E-state index is 13.7. The first-order valence-electron chi connectivity index (χ1n) is 11.3. The molecule has 0 saturated heterocycles. The topological polar surface area (TPSA) is 96.8 Å². The van der Waals surface area contributed by atoms with Gasteiger partial charge in [-0.2, -0.15) is 0 Å². The molecule has 3 amide bonds. The summed E-state index contributed by atoms with van der Waals surface area (Å²) in [6.07, 6.45) is 5.11. The predicted octanol–water partition coefficient (Wildman–Crippen LogP) is 3.65. The highest BCUT2D eigenvalue weighted by molar-refractivity contribution is 6.34. The van der Waals surface area contributed by atoms with Gasteiger partial charge in [0, 0.05) is 42.9 Å². The highest BCUT2D eigenvalue weighted by atomic mass is 35.5. The third-order valence-corrected chi connectivity index (χ3v) is 6.10. The number of para-hydroxylation sites is 1. The van der Waals surface area contributed by atoms with Crippen LogP contribution in [0.3, 0.4) is 0 Å². The molecule has 4 rings (SSSR count). The smallest absolute Gasteiger partial charge is 0.325 e. The minimum Gasteiger partial charge on any atom is -0.465 e. The number of rotatable bonds is 5. The Morgan fingerprint density at radius 1 is 1.20 bits per heavy atom. The first-order chi connectivity index (χ1) is 16.9. The van der Waals surface area contributed by atoms with E-state index in [2.05, 4.69) is 10.3 Å². The molecule has 1 aromatic heterocycles. The van der Waals surface area contributed by atoms with E-state index in [-0.39, 0.29) is 38.2 Å². The molecular formula is C25H26ClN5O4. The van der Waals surface area contributed by atoms with Crippen molar-refractivity contribution < 1.29 is 19.1 Å². The lowest BCUT2D eigenvalue weighted by Crippen LogP contribution is -2.49. The zero-order valence-corrected chi connectivity index (χ0v) is 20.2. The van der Waals surface area contributed by atoms with Gasteiger partial charge in [0.1, 0.15) is 6.54 Å². The number of carbonyl (C=O) groups excluding carboxylic acids is 3. The van der Waals surface area contributed by atoms with Crippen molar-refractivity contribution in [2.24, 2.45) is 0 Å². The summed E-state index contributed by atoms with van der Waals surface area (Å²) < 4.78 is 6.69. The Hall–Kier alpha value is -3.85. The summed E-state index contributed by atoms with van der Waals surface area (Å²) in [4.78, 5) is 45.6. The number of nitrogens with one attached hydrogen (secondary N) is 1. The lowest BCUT2D eigenvalue weighted by atomic mass is 10.1. The zero-order valence-electron chi connectivity index (χ0n) is 19.5. The third-order valence-electron chi connectivity index (χ3n) is 5.78. The maximum absolute atomic E-state index is 13.7. The zero-order chi connectivity index (χ0) is 24.9. The quantitative estimate of drug-likeness (QED) is 0.545. The maximum Gasteiger partial charge on any atom is 0.325 e. The Kier molecular flexibility index (Phi) is 7.36. The predicted molar refractivity (Wildman–Crippen MR) is 132 cm³/mol. The number of halogens is 1. The Bertz CT molecular complexity index is 1230. The number of esters is 1. The monoisotopic (exact) mass is 495 g/mol. The molecule has 3 aromatic rings. The molecule has 0 saturated carbocycles. The number of nitrogens with zero attached hydrogens (tertiary/aromatic N) is 4. The average Bonchev–Trinajstić information content (AvgIpc) is 3.34. The van der Waals surface area contributed by atoms with Gasteiger partial charge in [-0.25, -0.2) is 9.78 Å². The average molecular weight is 496 g/mol. The van der Waals surface area contributed by atoms with Crippen LogP contribution in [0.4, 0.5) is 10.5 Å². The lowest BCUT2D eigenvalue weighted by Gasteiger charge is -2.29. The molecular weight excluding hydrogens is 470 g/mol. The van der Waals surface area contributed by atoms with Gasteiger partial charge in [0.15, 0.2) is 0 Å². The van der Waals surface area contributed by atoms with Gasteiger partial charge in [0.05, 0.1) is 23.5 Å². The van der Waals surface area contributed by atoms with E-state index in [1.165, 1.54) is 0 Å². The van der Waals surface area contributed by atoms with Crippen LogP contribution in [0.2, 0.25) is 5.02 Å². The lowest BCUT2D eigenvalue weighted by molar-refractivity contribution is -0.141. The van der Waals surface area contributed by atoms with Crippen molar-refractivity contribution in [1.82, 2.24) is 19.8 Å². The van der Waals surface area contributed by atoms with E-state index in [4.69, 9.17) is 16.3 Å². The summed E-state index contributed by atoms with van der Waals surface area (Å²) in [5, 5.41) is 2.93. The van der Waals surface area contributed by atoms with Crippen molar-refractivity contribution in [3.8, 4) is 5.69 Å². The Morgan fingerprint density at radius 3 is 2.71 bits per heavy atom. The van der Waals surface area contributed by atoms with Crippen LogP contribution in [0.25, 0.3) is 5.69 Å². The minimum atomic E-state index is -0.505. The summed E-state index contributed by atoms with van der Waals surface area (Å²) in [5.41, 5.74) is 2.67. The largest absolute Gasteiger partial charge is 0.465 e. The number of urea groups is 1. The normalized spacial score (nSPS) is 15.2. The number of fused-ring (bicyclic) bond motifs is 1. The van der Waals surface area contributed by atoms with Crippen molar-refractivity contribution in [3.05, 3.63) is 77.3 Å². The number of ether oxygens (including phenoxy) is 1. The molecule has 0 spiro atoms. The molecule has 1 atom stereocenters. The summed E-state index contributed by atoms with van der Waals surface area (Å²) >= 11 is 6.54. The van der Waals surface area contributed by atoms with Crippen LogP contribution in [0.15, 0.2) is 61.2 Å². The Morgan fingerprint density at radius 2 is 2.00 bits per heavy atom. The van der Waals surface area contributed by atoms with Crippen molar-refractivity contribution in [3.63, 3.8) is 0 Å². The molecule has 35 heavy (non-hydrogen) atoms. The molecule has 1 aliphatic heterocycles. The van der Waals surface area contributed by atoms with E-state index >= 15 is 0 Å². The van der Waals surface area contributed by atoms with E-state index in [9.17, 15) is 14.4 Å². The highest BCUT2D eigenvalue weighted by Crippen LogP contribution is 2.30. The number of hydrogen-bond donors (Lipinski definition) is 1. The van der Waals surface area contributed by atoms with Crippen LogP contribution in [-0.4, -0.2) is 58.1 Å². The van der Waals surface area contributed by atoms with Crippen LogP contribution >= 0.6 is 11.6 Å². The molecule has 0 aliphatic carbocycles. The number of anilines is 1. The third kappa shape index (κ3) is 5.30. The van der Waals surface area contributed by atoms with Crippen molar-refractivity contribution in [2.75, 3.05) is 24.6 Å². The number of amides is 3. The van der Waals surface area contributed by atoms with Crippen LogP contribution < -0.4 is 10.2 Å². The number of hydrogen-bond acceptors (Lipinski definition) is 5. The van der Waals surface area contributed by atoms with Gasteiger partial charge in [-0.1, -0.05) is 29.8 Å². The minimum absolute atomic E-state index is 0.223. The van der Waals surface area contributed by atoms with Crippen LogP contribution in [0.1, 0.15) is 29.8 Å². The van der Waals surface area contributed by atoms with E-state index < -0.39 is 12.0 Å². The molecule has 0 bridgehead atoms. The standard InChI is InChI=1S/C25H26ClN5O4/c1-3-35-23(32)13-28-25(34)30-15-18-6-4-5-7-22(18)31(14-17(30)2)24(33)20-9-8-19(12-21(20)26)29-11-10-27-16-29/h4-12,16-17H,3,13-15H2,1-2H3,(H,28,34)/t17-/m1/s1. The van der Waals surface area contributed by atoms with Crippen LogP contribution in [-0.2, 0) is 16.1 Å². The van der Waals surface area contributed by atoms with E-state index in [1.54, 1.807) is 52.1 Å². The summed E-state index contributed by atoms with van der Waals surface area (Å²) in [7, 11) is 0. The number of imidazole rings is 1. The van der Waals surface area contributed by atoms with Gasteiger partial charge in [-0.05, 0) is 43.7 Å². The van der Waals surface area contributed by atoms with E-state index in [0.717, 1.165) is 11.3 Å².